The molecule has 5 heteroatoms. The summed E-state index contributed by atoms with van der Waals surface area (Å²) in [6.45, 7) is 9.02. The summed E-state index contributed by atoms with van der Waals surface area (Å²) in [5.74, 6) is 0. The second kappa shape index (κ2) is 6.55. The summed E-state index contributed by atoms with van der Waals surface area (Å²) < 4.78 is 0. The minimum Gasteiger partial charge on any atom is -0.312 e. The molecule has 0 spiro atoms. The molecule has 0 aliphatic carbocycles. The Morgan fingerprint density at radius 3 is 3.06 bits per heavy atom. The van der Waals surface area contributed by atoms with Gasteiger partial charge in [-0.15, -0.1) is 23.7 Å². The molecule has 1 atom stereocenters. The van der Waals surface area contributed by atoms with Crippen LogP contribution >= 0.6 is 23.7 Å². The van der Waals surface area contributed by atoms with Crippen LogP contribution in [0.3, 0.4) is 0 Å². The highest BCUT2D eigenvalue weighted by Gasteiger charge is 2.15. The highest BCUT2D eigenvalue weighted by molar-refractivity contribution is 7.09. The molecule has 3 nitrogen and oxygen atoms in total. The van der Waals surface area contributed by atoms with Crippen LogP contribution in [0.4, 0.5) is 0 Å². The van der Waals surface area contributed by atoms with Crippen molar-refractivity contribution >= 4 is 23.7 Å². The van der Waals surface area contributed by atoms with E-state index in [4.69, 9.17) is 0 Å². The van der Waals surface area contributed by atoms with Crippen LogP contribution in [0.1, 0.15) is 17.5 Å². The van der Waals surface area contributed by atoms with Gasteiger partial charge in [-0.1, -0.05) is 0 Å². The Morgan fingerprint density at radius 2 is 2.44 bits per heavy atom. The largest absolute Gasteiger partial charge is 0.312 e. The summed E-state index contributed by atoms with van der Waals surface area (Å²) in [5, 5.41) is 3.47. The van der Waals surface area contributed by atoms with Gasteiger partial charge in [0.1, 0.15) is 0 Å². The molecule has 0 unspecified atom stereocenters. The fourth-order valence-corrected chi connectivity index (χ4v) is 2.81. The Kier molecular flexibility index (Phi) is 5.69. The number of aromatic nitrogens is 1. The lowest BCUT2D eigenvalue weighted by Gasteiger charge is -2.31. The van der Waals surface area contributed by atoms with Crippen LogP contribution in [0.5, 0.6) is 0 Å². The van der Waals surface area contributed by atoms with Gasteiger partial charge in [-0.25, -0.2) is 4.98 Å². The second-order valence-electron chi connectivity index (χ2n) is 4.27. The van der Waals surface area contributed by atoms with E-state index in [1.807, 2.05) is 5.51 Å². The molecule has 2 heterocycles. The molecule has 0 aromatic carbocycles. The molecule has 1 aromatic heterocycles. The van der Waals surface area contributed by atoms with Crippen molar-refractivity contribution in [1.29, 1.82) is 0 Å². The maximum Gasteiger partial charge on any atom is 0.0797 e. The lowest BCUT2D eigenvalue weighted by atomic mass is 10.2. The lowest BCUT2D eigenvalue weighted by Crippen LogP contribution is -2.49. The maximum atomic E-state index is 4.28. The fraction of sp³-hybridized carbons (Fsp3) is 0.727. The predicted octanol–water partition coefficient (Wildman–Crippen LogP) is 1.71. The van der Waals surface area contributed by atoms with Crippen molar-refractivity contribution in [2.45, 2.75) is 26.3 Å². The fourth-order valence-electron chi connectivity index (χ4n) is 2.04. The van der Waals surface area contributed by atoms with Crippen LogP contribution in [0.2, 0.25) is 0 Å². The van der Waals surface area contributed by atoms with Gasteiger partial charge in [0.25, 0.3) is 0 Å². The molecule has 1 saturated heterocycles. The van der Waals surface area contributed by atoms with Crippen LogP contribution < -0.4 is 5.32 Å². The molecule has 2 rings (SSSR count). The quantitative estimate of drug-likeness (QED) is 0.898. The number of thiazole rings is 1. The smallest absolute Gasteiger partial charge is 0.0797 e. The minimum absolute atomic E-state index is 0. The molecule has 0 saturated carbocycles. The molecule has 1 N–H and O–H groups in total. The lowest BCUT2D eigenvalue weighted by molar-refractivity contribution is 0.209. The zero-order valence-electron chi connectivity index (χ0n) is 9.90. The molecular weight excluding hydrogens is 242 g/mol. The molecule has 0 radical (unpaired) electrons. The van der Waals surface area contributed by atoms with E-state index in [9.17, 15) is 0 Å². The van der Waals surface area contributed by atoms with E-state index in [0.717, 1.165) is 13.0 Å². The molecule has 1 aliphatic heterocycles. The summed E-state index contributed by atoms with van der Waals surface area (Å²) in [5.41, 5.74) is 3.16. The molecule has 1 aromatic rings. The van der Waals surface area contributed by atoms with Gasteiger partial charge in [-0.2, -0.15) is 0 Å². The summed E-state index contributed by atoms with van der Waals surface area (Å²) in [4.78, 5) is 8.27. The zero-order valence-corrected chi connectivity index (χ0v) is 11.5. The number of halogens is 1. The van der Waals surface area contributed by atoms with Crippen molar-refractivity contribution in [3.63, 3.8) is 0 Å². The van der Waals surface area contributed by atoms with Crippen LogP contribution in [0.15, 0.2) is 5.51 Å². The molecule has 92 valence electrons. The summed E-state index contributed by atoms with van der Waals surface area (Å²) in [6.07, 6.45) is 1.16. The molecule has 0 amide bonds. The van der Waals surface area contributed by atoms with Gasteiger partial charge in [0.2, 0.25) is 0 Å². The number of aryl methyl sites for hydroxylation is 1. The first kappa shape index (κ1) is 13.9. The van der Waals surface area contributed by atoms with Gasteiger partial charge < -0.3 is 10.2 Å². The van der Waals surface area contributed by atoms with Crippen molar-refractivity contribution < 1.29 is 0 Å². The van der Waals surface area contributed by atoms with Crippen molar-refractivity contribution in [3.8, 4) is 0 Å². The van der Waals surface area contributed by atoms with E-state index in [0.29, 0.717) is 6.04 Å². The highest BCUT2D eigenvalue weighted by Crippen LogP contribution is 2.13. The van der Waals surface area contributed by atoms with Crippen LogP contribution in [-0.4, -0.2) is 42.1 Å². The third-order valence-corrected chi connectivity index (χ3v) is 3.95. The number of hydrogen-bond acceptors (Lipinski definition) is 4. The average Bonchev–Trinajstić information content (AvgIpc) is 2.61. The third-order valence-electron chi connectivity index (χ3n) is 2.95. The van der Waals surface area contributed by atoms with Crippen LogP contribution in [-0.2, 0) is 6.42 Å². The topological polar surface area (TPSA) is 28.2 Å². The maximum absolute atomic E-state index is 4.28. The predicted molar refractivity (Wildman–Crippen MR) is 71.7 cm³/mol. The SMILES string of the molecule is Cc1ncsc1CCN1CCN[C@H](C)C1.Cl. The molecular formula is C11H20ClN3S. The van der Waals surface area contributed by atoms with Gasteiger partial charge in [-0.05, 0) is 20.3 Å². The number of piperazine rings is 1. The van der Waals surface area contributed by atoms with E-state index >= 15 is 0 Å². The Bertz CT molecular complexity index is 316. The molecule has 1 fully saturated rings. The van der Waals surface area contributed by atoms with Crippen LogP contribution in [0, 0.1) is 6.92 Å². The van der Waals surface area contributed by atoms with Gasteiger partial charge in [0, 0.05) is 37.1 Å². The van der Waals surface area contributed by atoms with E-state index < -0.39 is 0 Å². The number of rotatable bonds is 3. The number of nitrogens with one attached hydrogen (secondary N) is 1. The Balaban J connectivity index is 0.00000128. The van der Waals surface area contributed by atoms with Gasteiger partial charge in [0.15, 0.2) is 0 Å². The van der Waals surface area contributed by atoms with Gasteiger partial charge >= 0.3 is 0 Å². The van der Waals surface area contributed by atoms with Crippen molar-refractivity contribution in [2.24, 2.45) is 0 Å². The second-order valence-corrected chi connectivity index (χ2v) is 5.21. The summed E-state index contributed by atoms with van der Waals surface area (Å²) >= 11 is 1.79. The zero-order chi connectivity index (χ0) is 10.7. The highest BCUT2D eigenvalue weighted by atomic mass is 35.5. The monoisotopic (exact) mass is 261 g/mol. The first-order valence-electron chi connectivity index (χ1n) is 5.60. The van der Waals surface area contributed by atoms with E-state index in [2.05, 4.69) is 29.0 Å². The first-order valence-corrected chi connectivity index (χ1v) is 6.48. The average molecular weight is 262 g/mol. The molecule has 1 aliphatic rings. The Labute approximate surface area is 108 Å². The number of nitrogens with zero attached hydrogens (tertiary/aromatic N) is 2. The Hall–Kier alpha value is -0.160. The van der Waals surface area contributed by atoms with Crippen molar-refractivity contribution in [2.75, 3.05) is 26.2 Å². The standard InChI is InChI=1S/C11H19N3S.ClH/c1-9-7-14(6-4-12-9)5-3-11-10(2)13-8-15-11;/h8-9,12H,3-7H2,1-2H3;1H/t9-;/m1./s1. The summed E-state index contributed by atoms with van der Waals surface area (Å²) in [7, 11) is 0. The van der Waals surface area contributed by atoms with E-state index in [1.165, 1.54) is 30.2 Å². The number of hydrogen-bond donors (Lipinski definition) is 1. The molecule has 0 bridgehead atoms. The minimum atomic E-state index is 0. The third kappa shape index (κ3) is 3.70. The molecule has 16 heavy (non-hydrogen) atoms. The van der Waals surface area contributed by atoms with E-state index in [-0.39, 0.29) is 12.4 Å². The van der Waals surface area contributed by atoms with Gasteiger partial charge in [-0.3, -0.25) is 0 Å². The Morgan fingerprint density at radius 1 is 1.62 bits per heavy atom. The van der Waals surface area contributed by atoms with Crippen molar-refractivity contribution in [3.05, 3.63) is 16.1 Å². The van der Waals surface area contributed by atoms with Crippen molar-refractivity contribution in [1.82, 2.24) is 15.2 Å². The van der Waals surface area contributed by atoms with E-state index in [1.54, 1.807) is 11.3 Å². The normalized spacial score (nSPS) is 21.8. The van der Waals surface area contributed by atoms with Crippen LogP contribution in [0.25, 0.3) is 0 Å². The first-order chi connectivity index (χ1) is 7.25. The van der Waals surface area contributed by atoms with Gasteiger partial charge in [0.05, 0.1) is 11.2 Å². The summed E-state index contributed by atoms with van der Waals surface area (Å²) in [6, 6.07) is 0.640.